The van der Waals surface area contributed by atoms with Gasteiger partial charge in [-0.2, -0.15) is 4.99 Å². The van der Waals surface area contributed by atoms with Gasteiger partial charge in [0.05, 0.1) is 22.5 Å². The van der Waals surface area contributed by atoms with Gasteiger partial charge in [0.25, 0.3) is 11.8 Å². The Balaban J connectivity index is 2.15. The van der Waals surface area contributed by atoms with Crippen LogP contribution in [-0.2, 0) is 4.79 Å². The summed E-state index contributed by atoms with van der Waals surface area (Å²) in [5, 5.41) is 0.387. The first kappa shape index (κ1) is 14.2. The van der Waals surface area contributed by atoms with E-state index in [1.807, 2.05) is 0 Å². The van der Waals surface area contributed by atoms with E-state index >= 15 is 0 Å². The third-order valence-electron chi connectivity index (χ3n) is 3.46. The summed E-state index contributed by atoms with van der Waals surface area (Å²) in [7, 11) is 0. The predicted molar refractivity (Wildman–Crippen MR) is 81.6 cm³/mol. The number of nitrogens with zero attached hydrogens (tertiary/aromatic N) is 2. The van der Waals surface area contributed by atoms with E-state index in [0.29, 0.717) is 27.5 Å². The second-order valence-corrected chi connectivity index (χ2v) is 5.25. The molecule has 0 bridgehead atoms. The molecule has 2 aromatic rings. The highest BCUT2D eigenvalue weighted by Crippen LogP contribution is 2.33. The van der Waals surface area contributed by atoms with Crippen LogP contribution in [0.1, 0.15) is 26.3 Å². The first-order chi connectivity index (χ1) is 10.5. The Hall–Kier alpha value is -2.75. The fourth-order valence-electron chi connectivity index (χ4n) is 2.39. The Labute approximate surface area is 130 Å². The number of aryl methyl sites for hydroxylation is 1. The number of aliphatic imine (C=N–C) groups is 1. The summed E-state index contributed by atoms with van der Waals surface area (Å²) < 4.78 is 0. The molecule has 0 fully saturated rings. The molecule has 0 aliphatic carbocycles. The van der Waals surface area contributed by atoms with Gasteiger partial charge in [0.15, 0.2) is 0 Å². The van der Waals surface area contributed by atoms with Crippen molar-refractivity contribution >= 4 is 40.9 Å². The third kappa shape index (κ3) is 2.13. The van der Waals surface area contributed by atoms with Crippen molar-refractivity contribution in [1.29, 1.82) is 0 Å². The number of amides is 2. The molecular weight excluding hydrogens is 304 g/mol. The van der Waals surface area contributed by atoms with Crippen molar-refractivity contribution in [3.63, 3.8) is 0 Å². The van der Waals surface area contributed by atoms with Crippen molar-refractivity contribution in [2.75, 3.05) is 4.90 Å². The van der Waals surface area contributed by atoms with Gasteiger partial charge in [0.2, 0.25) is 6.08 Å². The SMILES string of the molecule is Cc1ccc(N=C=O)cc1N1C(=O)c2ccc(Cl)cc2C1=O. The molecule has 0 saturated heterocycles. The number of carbonyl (C=O) groups is 2. The van der Waals surface area contributed by atoms with E-state index in [2.05, 4.69) is 4.99 Å². The first-order valence-electron chi connectivity index (χ1n) is 6.40. The molecule has 2 aromatic carbocycles. The summed E-state index contributed by atoms with van der Waals surface area (Å²) in [4.78, 5) is 40.0. The second kappa shape index (κ2) is 5.22. The van der Waals surface area contributed by atoms with E-state index in [0.717, 1.165) is 4.90 Å². The van der Waals surface area contributed by atoms with Crippen LogP contribution in [0.15, 0.2) is 41.4 Å². The summed E-state index contributed by atoms with van der Waals surface area (Å²) in [5.74, 6) is -0.871. The van der Waals surface area contributed by atoms with Gasteiger partial charge >= 0.3 is 0 Å². The Morgan fingerprint density at radius 3 is 2.50 bits per heavy atom. The van der Waals surface area contributed by atoms with E-state index in [1.165, 1.54) is 24.3 Å². The number of benzene rings is 2. The Morgan fingerprint density at radius 1 is 1.05 bits per heavy atom. The van der Waals surface area contributed by atoms with Crippen LogP contribution in [0.3, 0.4) is 0 Å². The van der Waals surface area contributed by atoms with E-state index in [9.17, 15) is 14.4 Å². The van der Waals surface area contributed by atoms with Crippen molar-refractivity contribution in [3.05, 3.63) is 58.1 Å². The number of halogens is 1. The minimum atomic E-state index is -0.446. The van der Waals surface area contributed by atoms with Gasteiger partial charge in [-0.05, 0) is 42.8 Å². The Kier molecular flexibility index (Phi) is 3.37. The number of hydrogen-bond donors (Lipinski definition) is 0. The lowest BCUT2D eigenvalue weighted by Crippen LogP contribution is -2.29. The molecule has 0 saturated carbocycles. The minimum absolute atomic E-state index is 0.265. The molecule has 6 heteroatoms. The van der Waals surface area contributed by atoms with Crippen LogP contribution in [0.5, 0.6) is 0 Å². The van der Waals surface area contributed by atoms with Crippen molar-refractivity contribution in [1.82, 2.24) is 0 Å². The number of fused-ring (bicyclic) bond motifs is 1. The smallest absolute Gasteiger partial charge is 0.266 e. The average molecular weight is 313 g/mol. The number of rotatable bonds is 2. The van der Waals surface area contributed by atoms with Gasteiger partial charge in [0, 0.05) is 5.02 Å². The fourth-order valence-corrected chi connectivity index (χ4v) is 2.56. The van der Waals surface area contributed by atoms with Crippen molar-refractivity contribution in [3.8, 4) is 0 Å². The maximum Gasteiger partial charge on any atom is 0.266 e. The molecule has 1 aliphatic heterocycles. The molecule has 0 aromatic heterocycles. The molecule has 0 unspecified atom stereocenters. The Morgan fingerprint density at radius 2 is 1.77 bits per heavy atom. The van der Waals surface area contributed by atoms with Gasteiger partial charge < -0.3 is 0 Å². The number of imide groups is 1. The average Bonchev–Trinajstić information content (AvgIpc) is 2.73. The largest absolute Gasteiger partial charge is 0.268 e. The van der Waals surface area contributed by atoms with Crippen molar-refractivity contribution < 1.29 is 14.4 Å². The zero-order valence-electron chi connectivity index (χ0n) is 11.5. The van der Waals surface area contributed by atoms with Crippen LogP contribution in [0, 0.1) is 6.92 Å². The molecule has 0 radical (unpaired) electrons. The summed E-state index contributed by atoms with van der Waals surface area (Å²) >= 11 is 5.89. The normalized spacial score (nSPS) is 13.1. The quantitative estimate of drug-likeness (QED) is 0.485. The molecule has 2 amide bonds. The number of carbonyl (C=O) groups excluding carboxylic acids is 3. The van der Waals surface area contributed by atoms with Crippen LogP contribution in [-0.4, -0.2) is 17.9 Å². The molecule has 1 heterocycles. The molecule has 22 heavy (non-hydrogen) atoms. The molecule has 3 rings (SSSR count). The van der Waals surface area contributed by atoms with E-state index in [1.54, 1.807) is 25.1 Å². The molecule has 0 N–H and O–H groups in total. The highest BCUT2D eigenvalue weighted by atomic mass is 35.5. The van der Waals surface area contributed by atoms with Crippen LogP contribution in [0.4, 0.5) is 11.4 Å². The van der Waals surface area contributed by atoms with E-state index in [-0.39, 0.29) is 5.56 Å². The van der Waals surface area contributed by atoms with Gasteiger partial charge in [-0.3, -0.25) is 9.59 Å². The third-order valence-corrected chi connectivity index (χ3v) is 3.69. The van der Waals surface area contributed by atoms with Gasteiger partial charge in [-0.1, -0.05) is 17.7 Å². The molecular formula is C16H9ClN2O3. The van der Waals surface area contributed by atoms with Crippen LogP contribution >= 0.6 is 11.6 Å². The highest BCUT2D eigenvalue weighted by molar-refractivity contribution is 6.37. The number of anilines is 1. The topological polar surface area (TPSA) is 66.8 Å². The minimum Gasteiger partial charge on any atom is -0.268 e. The summed E-state index contributed by atoms with van der Waals surface area (Å²) in [6, 6.07) is 9.36. The van der Waals surface area contributed by atoms with Crippen LogP contribution < -0.4 is 4.90 Å². The van der Waals surface area contributed by atoms with Gasteiger partial charge in [-0.15, -0.1) is 0 Å². The summed E-state index contributed by atoms with van der Waals surface area (Å²) in [6.07, 6.45) is 1.44. The monoisotopic (exact) mass is 312 g/mol. The standard InChI is InChI=1S/C16H9ClN2O3/c1-9-2-4-11(18-8-20)7-14(9)19-15(21)12-5-3-10(17)6-13(12)16(19)22/h2-7H,1H3. The molecule has 0 atom stereocenters. The summed E-state index contributed by atoms with van der Waals surface area (Å²) in [5.41, 5.74) is 1.99. The van der Waals surface area contributed by atoms with Crippen LogP contribution in [0.25, 0.3) is 0 Å². The van der Waals surface area contributed by atoms with E-state index < -0.39 is 11.8 Å². The maximum atomic E-state index is 12.5. The molecule has 5 nitrogen and oxygen atoms in total. The first-order valence-corrected chi connectivity index (χ1v) is 6.77. The molecule has 1 aliphatic rings. The molecule has 0 spiro atoms. The lowest BCUT2D eigenvalue weighted by Gasteiger charge is -2.16. The predicted octanol–water partition coefficient (Wildman–Crippen LogP) is 3.42. The number of isocyanates is 1. The fraction of sp³-hybridized carbons (Fsp3) is 0.0625. The zero-order chi connectivity index (χ0) is 15.9. The van der Waals surface area contributed by atoms with Gasteiger partial charge in [0.1, 0.15) is 0 Å². The zero-order valence-corrected chi connectivity index (χ0v) is 12.2. The van der Waals surface area contributed by atoms with Gasteiger partial charge in [-0.25, -0.2) is 9.69 Å². The lowest BCUT2D eigenvalue weighted by atomic mass is 10.1. The number of hydrogen-bond acceptors (Lipinski definition) is 4. The van der Waals surface area contributed by atoms with Crippen molar-refractivity contribution in [2.24, 2.45) is 4.99 Å². The highest BCUT2D eigenvalue weighted by Gasteiger charge is 2.37. The Bertz CT molecular complexity index is 870. The lowest BCUT2D eigenvalue weighted by molar-refractivity contribution is 0.0926. The van der Waals surface area contributed by atoms with Crippen molar-refractivity contribution in [2.45, 2.75) is 6.92 Å². The van der Waals surface area contributed by atoms with E-state index in [4.69, 9.17) is 11.6 Å². The second-order valence-electron chi connectivity index (χ2n) is 4.81. The summed E-state index contributed by atoms with van der Waals surface area (Å²) in [6.45, 7) is 1.76. The maximum absolute atomic E-state index is 12.5. The molecule has 108 valence electrons. The van der Waals surface area contributed by atoms with Crippen LogP contribution in [0.2, 0.25) is 5.02 Å².